The van der Waals surface area contributed by atoms with E-state index in [0.717, 1.165) is 88.9 Å². The van der Waals surface area contributed by atoms with Crippen LogP contribution in [-0.4, -0.2) is 119 Å². The van der Waals surface area contributed by atoms with Crippen molar-refractivity contribution in [3.05, 3.63) is 120 Å². The number of amidine groups is 4. The zero-order valence-corrected chi connectivity index (χ0v) is 44.0. The fourth-order valence-corrected chi connectivity index (χ4v) is 6.69. The highest BCUT2D eigenvalue weighted by Crippen LogP contribution is 2.26. The number of hydrogen-bond acceptors (Lipinski definition) is 16. The summed E-state index contributed by atoms with van der Waals surface area (Å²) in [4.78, 5) is 12.6. The molecule has 4 heterocycles. The molecule has 20 nitrogen and oxygen atoms in total. The second-order valence-corrected chi connectivity index (χ2v) is 17.5. The van der Waals surface area contributed by atoms with Gasteiger partial charge in [0, 0.05) is 90.7 Å². The lowest BCUT2D eigenvalue weighted by Crippen LogP contribution is -2.03. The molecule has 0 radical (unpaired) electrons. The number of fused-ring (bicyclic) bond motifs is 4. The summed E-state index contributed by atoms with van der Waals surface area (Å²) in [5.74, 6) is 3.24. The van der Waals surface area contributed by atoms with Gasteiger partial charge in [-0.3, -0.25) is 0 Å². The van der Waals surface area contributed by atoms with Crippen LogP contribution in [0.15, 0.2) is 138 Å². The van der Waals surface area contributed by atoms with Crippen molar-refractivity contribution in [2.75, 3.05) is 53.5 Å². The van der Waals surface area contributed by atoms with Crippen LogP contribution in [0.3, 0.4) is 0 Å². The molecule has 0 atom stereocenters. The number of aromatic amines is 4. The molecule has 12 N–H and O–H groups in total. The van der Waals surface area contributed by atoms with E-state index >= 15 is 0 Å². The van der Waals surface area contributed by atoms with Gasteiger partial charge in [-0.2, -0.15) is 20.4 Å². The monoisotopic (exact) mass is 1050 g/mol. The Morgan fingerprint density at radius 2 is 0.583 bits per heavy atom. The number of hydrogen-bond donors (Lipinski definition) is 8. The Morgan fingerprint density at radius 1 is 0.375 bits per heavy atom. The first-order valence-corrected chi connectivity index (χ1v) is 26.1. The molecule has 0 saturated carbocycles. The first-order chi connectivity index (χ1) is 35.0. The van der Waals surface area contributed by atoms with Crippen LogP contribution < -0.4 is 41.9 Å². The minimum atomic E-state index is 0.434. The Labute approximate surface area is 432 Å². The van der Waals surface area contributed by atoms with Crippen molar-refractivity contribution in [3.63, 3.8) is 0 Å². The number of aromatic nitrogens is 4. The third-order valence-corrected chi connectivity index (χ3v) is 11.9. The Kier molecular flexibility index (Phi) is 22.0. The van der Waals surface area contributed by atoms with Crippen LogP contribution >= 0.6 is 47.0 Å². The number of methoxy groups -OCH3 is 4. The van der Waals surface area contributed by atoms with E-state index in [2.05, 4.69) is 60.7 Å². The third kappa shape index (κ3) is 16.1. The largest absolute Gasteiger partial charge is 0.497 e. The predicted octanol–water partition coefficient (Wildman–Crippen LogP) is 8.75. The molecule has 8 rings (SSSR count). The van der Waals surface area contributed by atoms with E-state index in [1.807, 2.05) is 123 Å². The molecule has 72 heavy (non-hydrogen) atoms. The lowest BCUT2D eigenvalue weighted by Gasteiger charge is -1.99. The van der Waals surface area contributed by atoms with Gasteiger partial charge < -0.3 is 61.8 Å². The summed E-state index contributed by atoms with van der Waals surface area (Å²) in [6.45, 7) is 0. The van der Waals surface area contributed by atoms with Crippen molar-refractivity contribution in [1.82, 2.24) is 19.9 Å². The quantitative estimate of drug-likeness (QED) is 0.0324. The molecule has 0 saturated heterocycles. The number of benzene rings is 4. The molecule has 8 aromatic rings. The first kappa shape index (κ1) is 55.1. The maximum Gasteiger partial charge on any atom is 0.180 e. The van der Waals surface area contributed by atoms with Crippen molar-refractivity contribution in [3.8, 4) is 23.0 Å². The summed E-state index contributed by atoms with van der Waals surface area (Å²) in [5.41, 5.74) is 30.1. The Hall–Kier alpha value is -7.80. The number of nitrogens with two attached hydrogens (primary N) is 4. The normalized spacial score (nSPS) is 12.4. The fraction of sp³-hybridized carbons (Fsp3) is 0.167. The second-order valence-electron chi connectivity index (χ2n) is 14.2. The van der Waals surface area contributed by atoms with Gasteiger partial charge >= 0.3 is 0 Å². The Bertz CT molecular complexity index is 2840. The average molecular weight is 1050 g/mol. The van der Waals surface area contributed by atoms with Crippen molar-refractivity contribution < 1.29 is 18.9 Å². The van der Waals surface area contributed by atoms with Crippen LogP contribution in [-0.2, 0) is 0 Å². The van der Waals surface area contributed by atoms with E-state index in [9.17, 15) is 0 Å². The lowest BCUT2D eigenvalue weighted by atomic mass is 10.2. The zero-order valence-electron chi connectivity index (χ0n) is 40.7. The van der Waals surface area contributed by atoms with Gasteiger partial charge in [0.2, 0.25) is 0 Å². The van der Waals surface area contributed by atoms with Crippen molar-refractivity contribution >= 4 is 136 Å². The first-order valence-electron chi connectivity index (χ1n) is 21.2. The van der Waals surface area contributed by atoms with Crippen molar-refractivity contribution in [2.45, 2.75) is 0 Å². The SMILES string of the molecule is COc1ccc2[nH]cc(/C=N/N=C(/N)SC)c2c1.COc1ccc2[nH]cc(/C=N/N=C(N)SC)c2c1.COc1ccc2[nH]cc(C=N/N=C(/N)SC)c2c1.COc1ccc2[nH]cc(C=NN=C(N)SC)c2c1. The summed E-state index contributed by atoms with van der Waals surface area (Å²) in [5, 5.41) is 37.1. The van der Waals surface area contributed by atoms with Gasteiger partial charge in [0.15, 0.2) is 20.7 Å². The molecule has 376 valence electrons. The maximum absolute atomic E-state index is 5.54. The molecule has 0 aliphatic rings. The molecule has 4 aromatic carbocycles. The van der Waals surface area contributed by atoms with E-state index in [-0.39, 0.29) is 0 Å². The highest BCUT2D eigenvalue weighted by molar-refractivity contribution is 8.13. The number of ether oxygens (including phenoxy) is 4. The summed E-state index contributed by atoms with van der Waals surface area (Å²) < 4.78 is 20.8. The summed E-state index contributed by atoms with van der Waals surface area (Å²) in [7, 11) is 6.58. The van der Waals surface area contributed by atoms with E-state index in [1.54, 1.807) is 53.3 Å². The van der Waals surface area contributed by atoms with Crippen molar-refractivity contribution in [2.24, 2.45) is 63.7 Å². The molecule has 0 aliphatic carbocycles. The Morgan fingerprint density at radius 3 is 0.764 bits per heavy atom. The van der Waals surface area contributed by atoms with Crippen LogP contribution in [0.25, 0.3) is 43.6 Å². The molecule has 4 aromatic heterocycles. The van der Waals surface area contributed by atoms with Crippen LogP contribution in [0.1, 0.15) is 22.3 Å². The molecule has 0 amide bonds. The topological polar surface area (TPSA) is 303 Å². The molecule has 0 bridgehead atoms. The van der Waals surface area contributed by atoms with Crippen LogP contribution in [0.5, 0.6) is 23.0 Å². The van der Waals surface area contributed by atoms with Gasteiger partial charge in [-0.25, -0.2) is 0 Å². The lowest BCUT2D eigenvalue weighted by molar-refractivity contribution is 0.415. The van der Waals surface area contributed by atoms with E-state index in [0.29, 0.717) is 20.7 Å². The Balaban J connectivity index is 0.000000178. The molecule has 24 heteroatoms. The van der Waals surface area contributed by atoms with Gasteiger partial charge in [0.25, 0.3) is 0 Å². The summed E-state index contributed by atoms with van der Waals surface area (Å²) in [6, 6.07) is 23.3. The number of nitrogens with zero attached hydrogens (tertiary/aromatic N) is 8. The van der Waals surface area contributed by atoms with Crippen LogP contribution in [0, 0.1) is 0 Å². The molecular weight excluding hydrogens is 993 g/mol. The van der Waals surface area contributed by atoms with Gasteiger partial charge in [-0.15, -0.1) is 20.4 Å². The van der Waals surface area contributed by atoms with Gasteiger partial charge in [-0.05, 0) is 97.8 Å². The molecule has 0 aliphatic heterocycles. The number of H-pyrrole nitrogens is 4. The molecule has 0 spiro atoms. The molecule has 0 fully saturated rings. The highest BCUT2D eigenvalue weighted by atomic mass is 32.2. The van der Waals surface area contributed by atoms with E-state index in [4.69, 9.17) is 41.9 Å². The summed E-state index contributed by atoms with van der Waals surface area (Å²) >= 11 is 5.43. The fourth-order valence-electron chi connectivity index (χ4n) is 6.18. The third-order valence-electron chi connectivity index (χ3n) is 9.93. The number of rotatable bonds is 12. The number of nitrogens with one attached hydrogen (secondary N) is 4. The van der Waals surface area contributed by atoms with Gasteiger partial charge in [-0.1, -0.05) is 47.0 Å². The van der Waals surface area contributed by atoms with E-state index < -0.39 is 0 Å². The molecular formula is C48H56N16O4S4. The van der Waals surface area contributed by atoms with Crippen LogP contribution in [0.4, 0.5) is 0 Å². The molecule has 0 unspecified atom stereocenters. The van der Waals surface area contributed by atoms with Crippen LogP contribution in [0.2, 0.25) is 0 Å². The van der Waals surface area contributed by atoms with Crippen molar-refractivity contribution in [1.29, 1.82) is 0 Å². The minimum absolute atomic E-state index is 0.434. The standard InChI is InChI=1S/4C12H14N4OS/c4*1-17-9-3-4-11-10(5-9)8(6-14-11)7-15-16-12(13)18-2/h4*3-7,14H,1-2H3,(H2,13,16)/b2*15-7+;;. The minimum Gasteiger partial charge on any atom is -0.497 e. The zero-order chi connectivity index (χ0) is 51.8. The highest BCUT2D eigenvalue weighted by Gasteiger charge is 2.06. The second kappa shape index (κ2) is 28.8. The number of thioether (sulfide) groups is 4. The smallest absolute Gasteiger partial charge is 0.180 e. The maximum atomic E-state index is 5.54. The predicted molar refractivity (Wildman–Crippen MR) is 310 cm³/mol. The van der Waals surface area contributed by atoms with E-state index in [1.165, 1.54) is 47.0 Å². The van der Waals surface area contributed by atoms with Gasteiger partial charge in [0.1, 0.15) is 23.0 Å². The summed E-state index contributed by atoms with van der Waals surface area (Å²) in [6.07, 6.45) is 21.6. The average Bonchev–Trinajstić information content (AvgIpc) is 4.23. The van der Waals surface area contributed by atoms with Gasteiger partial charge in [0.05, 0.1) is 53.3 Å².